The topological polar surface area (TPSA) is 128 Å². The van der Waals surface area contributed by atoms with Crippen molar-refractivity contribution < 1.29 is 55.4 Å². The van der Waals surface area contributed by atoms with E-state index in [1.54, 1.807) is 0 Å². The van der Waals surface area contributed by atoms with Crippen molar-refractivity contribution in [3.63, 3.8) is 0 Å². The van der Waals surface area contributed by atoms with Gasteiger partial charge in [-0.25, -0.2) is 0 Å². The van der Waals surface area contributed by atoms with Crippen molar-refractivity contribution in [1.82, 2.24) is 0 Å². The first-order valence-electron chi connectivity index (χ1n) is 12.2. The van der Waals surface area contributed by atoms with Crippen LogP contribution in [0, 0.1) is 5.92 Å². The Bertz CT molecular complexity index is 456. The number of rotatable bonds is 17. The fraction of sp³-hybridized carbons (Fsp3) is 1.00. The van der Waals surface area contributed by atoms with Crippen molar-refractivity contribution in [2.24, 2.45) is 5.92 Å². The normalized spacial score (nSPS) is 12.2. The molecule has 1 N–H and O–H groups in total. The van der Waals surface area contributed by atoms with Gasteiger partial charge in [-0.1, -0.05) is 72.6 Å². The molecule has 0 aromatic heterocycles. The smallest absolute Gasteiger partial charge is 0.759 e. The van der Waals surface area contributed by atoms with Gasteiger partial charge in [0.15, 0.2) is 0 Å². The fourth-order valence-electron chi connectivity index (χ4n) is 3.03. The van der Waals surface area contributed by atoms with E-state index in [0.29, 0.717) is 25.7 Å². The van der Waals surface area contributed by atoms with Crippen molar-refractivity contribution in [3.05, 3.63) is 0 Å². The molecule has 0 bridgehead atoms. The minimum atomic E-state index is -5.17. The Morgan fingerprint density at radius 3 is 1.45 bits per heavy atom. The van der Waals surface area contributed by atoms with Crippen LogP contribution in [0.3, 0.4) is 0 Å². The molecule has 0 saturated carbocycles. The van der Waals surface area contributed by atoms with E-state index in [1.807, 2.05) is 20.8 Å². The van der Waals surface area contributed by atoms with Crippen LogP contribution in [-0.2, 0) is 43.2 Å². The van der Waals surface area contributed by atoms with Crippen LogP contribution in [0.5, 0.6) is 0 Å². The Labute approximate surface area is 218 Å². The molecule has 0 spiro atoms. The predicted molar refractivity (Wildman–Crippen MR) is 130 cm³/mol. The summed E-state index contributed by atoms with van der Waals surface area (Å²) in [6.45, 7) is 16.7. The second kappa shape index (κ2) is 27.1. The zero-order chi connectivity index (χ0) is 25.5. The molecular formula is C22H50O8SSiZn. The van der Waals surface area contributed by atoms with Crippen molar-refractivity contribution in [2.45, 2.75) is 118 Å². The first kappa shape index (κ1) is 40.7. The summed E-state index contributed by atoms with van der Waals surface area (Å²) >= 11 is 0. The van der Waals surface area contributed by atoms with Crippen LogP contribution in [0.4, 0.5) is 0 Å². The van der Waals surface area contributed by atoms with E-state index in [4.69, 9.17) is 30.8 Å². The molecule has 8 nitrogen and oxygen atoms in total. The predicted octanol–water partition coefficient (Wildman–Crippen LogP) is 5.25. The summed E-state index contributed by atoms with van der Waals surface area (Å²) < 4.78 is 51.2. The second-order valence-electron chi connectivity index (χ2n) is 7.99. The number of aliphatic hydroxyl groups is 1. The van der Waals surface area contributed by atoms with E-state index in [2.05, 4.69) is 27.7 Å². The zero-order valence-electron chi connectivity index (χ0n) is 22.3. The molecule has 0 aliphatic rings. The maximum absolute atomic E-state index is 9.54. The summed E-state index contributed by atoms with van der Waals surface area (Å²) in [6, 6.07) is 0.905. The molecule has 33 heavy (non-hydrogen) atoms. The third-order valence-electron chi connectivity index (χ3n) is 4.28. The monoisotopic (exact) mass is 566 g/mol. The molecule has 0 aromatic carbocycles. The van der Waals surface area contributed by atoms with E-state index in [9.17, 15) is 5.11 Å². The van der Waals surface area contributed by atoms with Crippen LogP contribution in [0.2, 0.25) is 6.04 Å². The molecule has 0 rings (SSSR count). The molecule has 0 saturated heterocycles. The van der Waals surface area contributed by atoms with Crippen molar-refractivity contribution in [2.75, 3.05) is 19.8 Å². The van der Waals surface area contributed by atoms with Crippen molar-refractivity contribution in [3.8, 4) is 0 Å². The number of unbranched alkanes of at least 4 members (excludes halogenated alkanes) is 5. The molecular weight excluding hydrogens is 518 g/mol. The summed E-state index contributed by atoms with van der Waals surface area (Å²) in [6.07, 6.45) is 10.9. The Kier molecular flexibility index (Phi) is 33.5. The molecule has 0 heterocycles. The number of hydrogen-bond acceptors (Lipinski definition) is 8. The summed E-state index contributed by atoms with van der Waals surface area (Å²) in [5.41, 5.74) is 0. The molecule has 0 aliphatic heterocycles. The molecule has 198 valence electrons. The van der Waals surface area contributed by atoms with Gasteiger partial charge in [-0.05, 0) is 39.5 Å². The van der Waals surface area contributed by atoms with Gasteiger partial charge in [0.05, 0.1) is 6.10 Å². The van der Waals surface area contributed by atoms with Crippen LogP contribution in [-0.4, -0.2) is 57.4 Å². The molecule has 0 amide bonds. The molecule has 1 atom stereocenters. The molecule has 0 radical (unpaired) electrons. The average molecular weight is 568 g/mol. The average Bonchev–Trinajstić information content (AvgIpc) is 2.65. The molecule has 0 aliphatic carbocycles. The first-order valence-corrected chi connectivity index (χ1v) is 15.4. The van der Waals surface area contributed by atoms with Crippen LogP contribution in [0.25, 0.3) is 0 Å². The van der Waals surface area contributed by atoms with Gasteiger partial charge in [-0.15, -0.1) is 0 Å². The molecule has 1 unspecified atom stereocenters. The summed E-state index contributed by atoms with van der Waals surface area (Å²) in [5, 5.41) is 9.54. The Hall–Kier alpha value is 0.550. The Morgan fingerprint density at radius 1 is 0.758 bits per heavy atom. The van der Waals surface area contributed by atoms with Crippen LogP contribution < -0.4 is 0 Å². The van der Waals surface area contributed by atoms with Gasteiger partial charge in [0.2, 0.25) is 0 Å². The SMILES string of the molecule is CCCCCCCC(O)CCCC.CCO[Si](CC(C)C)(OCC)OCC.O=S(=O)([O-])[O-].[Zn+2]. The maximum Gasteiger partial charge on any atom is 2.00 e. The largest absolute Gasteiger partial charge is 2.00 e. The number of aliphatic hydroxyl groups excluding tert-OH is 1. The molecule has 0 aromatic rings. The second-order valence-corrected chi connectivity index (χ2v) is 11.4. The van der Waals surface area contributed by atoms with Gasteiger partial charge in [0.1, 0.15) is 0 Å². The van der Waals surface area contributed by atoms with Gasteiger partial charge < -0.3 is 27.5 Å². The van der Waals surface area contributed by atoms with Crippen LogP contribution in [0.1, 0.15) is 106 Å². The quantitative estimate of drug-likeness (QED) is 0.109. The van der Waals surface area contributed by atoms with Crippen molar-refractivity contribution in [1.29, 1.82) is 0 Å². The minimum absolute atomic E-state index is 0. The third kappa shape index (κ3) is 37.3. The van der Waals surface area contributed by atoms with Gasteiger partial charge in [0.25, 0.3) is 0 Å². The van der Waals surface area contributed by atoms with Gasteiger partial charge in [-0.3, -0.25) is 8.42 Å². The van der Waals surface area contributed by atoms with Gasteiger partial charge in [-0.2, -0.15) is 0 Å². The fourth-order valence-corrected chi connectivity index (χ4v) is 5.95. The summed E-state index contributed by atoms with van der Waals surface area (Å²) in [4.78, 5) is 0. The maximum atomic E-state index is 9.54. The first-order chi connectivity index (χ1) is 14.9. The van der Waals surface area contributed by atoms with E-state index in [-0.39, 0.29) is 25.6 Å². The third-order valence-corrected chi connectivity index (χ3v) is 7.78. The zero-order valence-corrected chi connectivity index (χ0v) is 27.1. The molecule has 0 fully saturated rings. The summed E-state index contributed by atoms with van der Waals surface area (Å²) in [5.74, 6) is 0.548. The summed E-state index contributed by atoms with van der Waals surface area (Å²) in [7, 11) is -7.53. The van der Waals surface area contributed by atoms with E-state index >= 15 is 0 Å². The Balaban J connectivity index is -0.000000207. The Morgan fingerprint density at radius 2 is 1.12 bits per heavy atom. The van der Waals surface area contributed by atoms with Crippen LogP contribution in [0.15, 0.2) is 0 Å². The van der Waals surface area contributed by atoms with Crippen LogP contribution >= 0.6 is 0 Å². The number of hydrogen-bond donors (Lipinski definition) is 1. The van der Waals surface area contributed by atoms with E-state index in [0.717, 1.165) is 18.9 Å². The van der Waals surface area contributed by atoms with Gasteiger partial charge in [0, 0.05) is 36.3 Å². The minimum Gasteiger partial charge on any atom is -0.759 e. The van der Waals surface area contributed by atoms with Crippen molar-refractivity contribution >= 4 is 19.2 Å². The van der Waals surface area contributed by atoms with E-state index in [1.165, 1.54) is 44.9 Å². The molecule has 11 heteroatoms. The van der Waals surface area contributed by atoms with Gasteiger partial charge >= 0.3 is 28.3 Å². The standard InChI is InChI=1S/C12H26O.C10H24O3Si.H2O4S.Zn/c1-3-5-7-8-9-11-12(13)10-6-4-2;1-6-11-14(12-7-2,13-8-3)9-10(4)5;1-5(2,3)4;/h12-13H,3-11H2,1-2H3;10H,6-9H2,1-5H3;(H2,1,2,3,4);/q;;;+2/p-2. The van der Waals surface area contributed by atoms with E-state index < -0.39 is 19.2 Å².